The summed E-state index contributed by atoms with van der Waals surface area (Å²) in [5.74, 6) is 0.130. The summed E-state index contributed by atoms with van der Waals surface area (Å²) in [4.78, 5) is 25.5. The fourth-order valence-corrected chi connectivity index (χ4v) is 2.66. The Labute approximate surface area is 144 Å². The predicted molar refractivity (Wildman–Crippen MR) is 90.5 cm³/mol. The standard InChI is InChI=1S/C18H16ClNO4/c1-2-23-18(22)13-5-3-12(4-6-13)10-20-15-9-14(19)7-8-16(15)24-11-17(20)21/h3-9H,2,10-11H2,1H3. The number of nitrogens with zero attached hydrogens (tertiary/aromatic N) is 1. The molecular formula is C18H16ClNO4. The van der Waals surface area contributed by atoms with Crippen LogP contribution in [-0.2, 0) is 16.1 Å². The molecule has 1 heterocycles. The van der Waals surface area contributed by atoms with E-state index in [2.05, 4.69) is 0 Å². The van der Waals surface area contributed by atoms with Crippen LogP contribution in [0.3, 0.4) is 0 Å². The number of amides is 1. The van der Waals surface area contributed by atoms with E-state index in [-0.39, 0.29) is 18.5 Å². The van der Waals surface area contributed by atoms with Crippen LogP contribution in [0.1, 0.15) is 22.8 Å². The third kappa shape index (κ3) is 3.36. The third-order valence-corrected chi connectivity index (χ3v) is 3.90. The highest BCUT2D eigenvalue weighted by Crippen LogP contribution is 2.35. The van der Waals surface area contributed by atoms with E-state index in [4.69, 9.17) is 21.1 Å². The SMILES string of the molecule is CCOC(=O)c1ccc(CN2C(=O)COc3ccc(Cl)cc32)cc1. The number of ether oxygens (including phenoxy) is 2. The van der Waals surface area contributed by atoms with Gasteiger partial charge in [-0.25, -0.2) is 4.79 Å². The van der Waals surface area contributed by atoms with Gasteiger partial charge < -0.3 is 14.4 Å². The number of anilines is 1. The van der Waals surface area contributed by atoms with Gasteiger partial charge >= 0.3 is 5.97 Å². The van der Waals surface area contributed by atoms with E-state index in [0.717, 1.165) is 5.56 Å². The zero-order valence-corrected chi connectivity index (χ0v) is 13.9. The van der Waals surface area contributed by atoms with Crippen molar-refractivity contribution in [2.75, 3.05) is 18.1 Å². The van der Waals surface area contributed by atoms with Gasteiger partial charge in [0.15, 0.2) is 6.61 Å². The van der Waals surface area contributed by atoms with Crippen molar-refractivity contribution >= 4 is 29.2 Å². The van der Waals surface area contributed by atoms with Crippen LogP contribution in [0.4, 0.5) is 5.69 Å². The largest absolute Gasteiger partial charge is 0.482 e. The van der Waals surface area contributed by atoms with E-state index in [0.29, 0.717) is 35.2 Å². The Balaban J connectivity index is 1.82. The van der Waals surface area contributed by atoms with Crippen LogP contribution in [0.5, 0.6) is 5.75 Å². The number of esters is 1. The smallest absolute Gasteiger partial charge is 0.338 e. The highest BCUT2D eigenvalue weighted by Gasteiger charge is 2.25. The van der Waals surface area contributed by atoms with Crippen molar-refractivity contribution in [2.24, 2.45) is 0 Å². The Morgan fingerprint density at radius 3 is 2.71 bits per heavy atom. The van der Waals surface area contributed by atoms with Gasteiger partial charge in [-0.1, -0.05) is 23.7 Å². The minimum absolute atomic E-state index is 0.00442. The van der Waals surface area contributed by atoms with Crippen molar-refractivity contribution < 1.29 is 19.1 Å². The zero-order chi connectivity index (χ0) is 17.1. The fourth-order valence-electron chi connectivity index (χ4n) is 2.49. The number of rotatable bonds is 4. The monoisotopic (exact) mass is 345 g/mol. The Morgan fingerprint density at radius 2 is 2.00 bits per heavy atom. The van der Waals surface area contributed by atoms with Gasteiger partial charge in [-0.05, 0) is 42.8 Å². The maximum Gasteiger partial charge on any atom is 0.338 e. The lowest BCUT2D eigenvalue weighted by Crippen LogP contribution is -2.38. The Kier molecular flexibility index (Phi) is 4.71. The van der Waals surface area contributed by atoms with E-state index in [9.17, 15) is 9.59 Å². The van der Waals surface area contributed by atoms with Crippen LogP contribution in [0, 0.1) is 0 Å². The lowest BCUT2D eigenvalue weighted by molar-refractivity contribution is -0.121. The number of benzene rings is 2. The molecule has 6 heteroatoms. The van der Waals surface area contributed by atoms with Gasteiger partial charge in [0.2, 0.25) is 0 Å². The molecule has 0 atom stereocenters. The highest BCUT2D eigenvalue weighted by atomic mass is 35.5. The molecule has 0 aliphatic carbocycles. The maximum absolute atomic E-state index is 12.2. The van der Waals surface area contributed by atoms with Crippen LogP contribution in [-0.4, -0.2) is 25.1 Å². The van der Waals surface area contributed by atoms with Gasteiger partial charge in [0.25, 0.3) is 5.91 Å². The number of fused-ring (bicyclic) bond motifs is 1. The molecule has 1 amide bonds. The van der Waals surface area contributed by atoms with E-state index in [1.807, 2.05) is 0 Å². The molecule has 2 aromatic rings. The van der Waals surface area contributed by atoms with E-state index in [1.54, 1.807) is 54.3 Å². The summed E-state index contributed by atoms with van der Waals surface area (Å²) in [6, 6.07) is 12.2. The molecule has 0 saturated carbocycles. The number of carbonyl (C=O) groups is 2. The normalized spacial score (nSPS) is 13.2. The Hall–Kier alpha value is -2.53. The van der Waals surface area contributed by atoms with Crippen LogP contribution < -0.4 is 9.64 Å². The molecule has 0 saturated heterocycles. The summed E-state index contributed by atoms with van der Waals surface area (Å²) in [5.41, 5.74) is 2.02. The van der Waals surface area contributed by atoms with E-state index >= 15 is 0 Å². The lowest BCUT2D eigenvalue weighted by Gasteiger charge is -2.29. The molecule has 1 aliphatic heterocycles. The van der Waals surface area contributed by atoms with E-state index < -0.39 is 0 Å². The average Bonchev–Trinajstić information content (AvgIpc) is 2.58. The van der Waals surface area contributed by atoms with Crippen molar-refractivity contribution in [3.05, 3.63) is 58.6 Å². The summed E-state index contributed by atoms with van der Waals surface area (Å²) < 4.78 is 10.4. The minimum Gasteiger partial charge on any atom is -0.482 e. The molecule has 0 aromatic heterocycles. The average molecular weight is 346 g/mol. The molecule has 5 nitrogen and oxygen atoms in total. The van der Waals surface area contributed by atoms with Crippen LogP contribution in [0.25, 0.3) is 0 Å². The lowest BCUT2D eigenvalue weighted by atomic mass is 10.1. The molecule has 124 valence electrons. The Bertz CT molecular complexity index is 773. The minimum atomic E-state index is -0.358. The van der Waals surface area contributed by atoms with Crippen LogP contribution >= 0.6 is 11.6 Å². The first kappa shape index (κ1) is 16.3. The second-order valence-corrected chi connectivity index (χ2v) is 5.73. The molecule has 3 rings (SSSR count). The molecule has 0 unspecified atom stereocenters. The first-order valence-corrected chi connectivity index (χ1v) is 7.95. The first-order chi connectivity index (χ1) is 11.6. The van der Waals surface area contributed by atoms with Crippen LogP contribution in [0.15, 0.2) is 42.5 Å². The number of hydrogen-bond donors (Lipinski definition) is 0. The topological polar surface area (TPSA) is 55.8 Å². The molecule has 0 bridgehead atoms. The molecule has 1 aliphatic rings. The fraction of sp³-hybridized carbons (Fsp3) is 0.222. The van der Waals surface area contributed by atoms with Crippen molar-refractivity contribution in [1.29, 1.82) is 0 Å². The summed E-state index contributed by atoms with van der Waals surface area (Å²) in [5, 5.41) is 0.537. The number of halogens is 1. The molecule has 2 aromatic carbocycles. The molecule has 0 fully saturated rings. The number of carbonyl (C=O) groups excluding carboxylic acids is 2. The highest BCUT2D eigenvalue weighted by molar-refractivity contribution is 6.31. The second-order valence-electron chi connectivity index (χ2n) is 5.30. The van der Waals surface area contributed by atoms with Crippen LogP contribution in [0.2, 0.25) is 5.02 Å². The summed E-state index contributed by atoms with van der Waals surface area (Å²) in [6.45, 7) is 2.47. The quantitative estimate of drug-likeness (QED) is 0.796. The summed E-state index contributed by atoms with van der Waals surface area (Å²) >= 11 is 6.03. The van der Waals surface area contributed by atoms with Gasteiger partial charge in [0.1, 0.15) is 5.75 Å². The Morgan fingerprint density at radius 1 is 1.25 bits per heavy atom. The van der Waals surface area contributed by atoms with Crippen molar-refractivity contribution in [3.63, 3.8) is 0 Å². The molecule has 24 heavy (non-hydrogen) atoms. The van der Waals surface area contributed by atoms with E-state index in [1.165, 1.54) is 0 Å². The molecular weight excluding hydrogens is 330 g/mol. The second kappa shape index (κ2) is 6.93. The maximum atomic E-state index is 12.2. The van der Waals surface area contributed by atoms with Gasteiger partial charge in [0.05, 0.1) is 24.4 Å². The summed E-state index contributed by atoms with van der Waals surface area (Å²) in [6.07, 6.45) is 0. The first-order valence-electron chi connectivity index (χ1n) is 7.57. The van der Waals surface area contributed by atoms with Gasteiger partial charge in [-0.15, -0.1) is 0 Å². The zero-order valence-electron chi connectivity index (χ0n) is 13.1. The molecule has 0 spiro atoms. The predicted octanol–water partition coefficient (Wildman–Crippen LogP) is 3.44. The molecule has 0 radical (unpaired) electrons. The van der Waals surface area contributed by atoms with Crippen molar-refractivity contribution in [3.8, 4) is 5.75 Å². The van der Waals surface area contributed by atoms with Gasteiger partial charge in [0, 0.05) is 5.02 Å². The van der Waals surface area contributed by atoms with Crippen molar-refractivity contribution in [1.82, 2.24) is 0 Å². The molecule has 0 N–H and O–H groups in total. The van der Waals surface area contributed by atoms with Gasteiger partial charge in [-0.2, -0.15) is 0 Å². The van der Waals surface area contributed by atoms with Gasteiger partial charge in [-0.3, -0.25) is 4.79 Å². The third-order valence-electron chi connectivity index (χ3n) is 3.67. The van der Waals surface area contributed by atoms with Crippen molar-refractivity contribution in [2.45, 2.75) is 13.5 Å². The number of hydrogen-bond acceptors (Lipinski definition) is 4. The summed E-state index contributed by atoms with van der Waals surface area (Å²) in [7, 11) is 0.